The molecular weight excluding hydrogens is 373 g/mol. The zero-order valence-corrected chi connectivity index (χ0v) is 15.1. The Hall–Kier alpha value is -2.93. The van der Waals surface area contributed by atoms with Crippen LogP contribution in [0.1, 0.15) is 18.2 Å². The number of nitrogens with zero attached hydrogens (tertiary/aromatic N) is 3. The third kappa shape index (κ3) is 3.38. The van der Waals surface area contributed by atoms with Crippen LogP contribution in [-0.2, 0) is 4.79 Å². The van der Waals surface area contributed by atoms with Crippen LogP contribution in [0.25, 0.3) is 11.5 Å². The molecule has 1 aliphatic heterocycles. The Morgan fingerprint density at radius 3 is 2.78 bits per heavy atom. The van der Waals surface area contributed by atoms with E-state index in [9.17, 15) is 9.18 Å². The first-order chi connectivity index (χ1) is 13.0. The van der Waals surface area contributed by atoms with Crippen LogP contribution in [0.2, 0.25) is 5.02 Å². The van der Waals surface area contributed by atoms with Crippen LogP contribution in [0, 0.1) is 5.82 Å². The lowest BCUT2D eigenvalue weighted by Crippen LogP contribution is -2.24. The van der Waals surface area contributed by atoms with Gasteiger partial charge in [0.1, 0.15) is 11.6 Å². The summed E-state index contributed by atoms with van der Waals surface area (Å²) in [4.78, 5) is 18.4. The second-order valence-electron chi connectivity index (χ2n) is 6.18. The Labute approximate surface area is 159 Å². The molecule has 0 saturated carbocycles. The average Bonchev–Trinajstić information content (AvgIpc) is 3.29. The summed E-state index contributed by atoms with van der Waals surface area (Å²) in [6.07, 6.45) is 0.258. The minimum absolute atomic E-state index is 0.0676. The zero-order chi connectivity index (χ0) is 19.0. The number of rotatable bonds is 4. The van der Waals surface area contributed by atoms with Crippen molar-refractivity contribution in [3.63, 3.8) is 0 Å². The van der Waals surface area contributed by atoms with Crippen LogP contribution in [0.3, 0.4) is 0 Å². The predicted molar refractivity (Wildman–Crippen MR) is 97.4 cm³/mol. The lowest BCUT2D eigenvalue weighted by Gasteiger charge is -2.15. The zero-order valence-electron chi connectivity index (χ0n) is 14.4. The molecule has 4 rings (SSSR count). The maximum Gasteiger partial charge on any atom is 0.261 e. The molecule has 1 atom stereocenters. The molecule has 2 heterocycles. The standard InChI is InChI=1S/C19H15ClFN3O3/c1-26-16-9-12(20)2-7-15(16)19-22-18(23-27-19)11-8-17(25)24(10-11)14-5-3-13(21)4-6-14/h2-7,9,11H,8,10H2,1H3/t11-/m1/s1. The summed E-state index contributed by atoms with van der Waals surface area (Å²) in [5.74, 6) is 0.640. The normalized spacial score (nSPS) is 16.8. The quantitative estimate of drug-likeness (QED) is 0.675. The fourth-order valence-corrected chi connectivity index (χ4v) is 3.27. The van der Waals surface area contributed by atoms with Crippen molar-refractivity contribution >= 4 is 23.2 Å². The Morgan fingerprint density at radius 2 is 2.04 bits per heavy atom. The Kier molecular flexibility index (Phi) is 4.53. The first-order valence-corrected chi connectivity index (χ1v) is 8.66. The van der Waals surface area contributed by atoms with Crippen molar-refractivity contribution in [3.05, 3.63) is 59.1 Å². The summed E-state index contributed by atoms with van der Waals surface area (Å²) in [6.45, 7) is 0.404. The second-order valence-corrected chi connectivity index (χ2v) is 6.62. The van der Waals surface area contributed by atoms with Crippen molar-refractivity contribution in [2.75, 3.05) is 18.6 Å². The molecule has 2 aromatic carbocycles. The topological polar surface area (TPSA) is 68.5 Å². The molecule has 0 aliphatic carbocycles. The molecule has 1 amide bonds. The highest BCUT2D eigenvalue weighted by Gasteiger charge is 2.34. The molecule has 6 nitrogen and oxygen atoms in total. The van der Waals surface area contributed by atoms with Gasteiger partial charge in [-0.1, -0.05) is 16.8 Å². The number of carbonyl (C=O) groups excluding carboxylic acids is 1. The molecular formula is C19H15ClFN3O3. The number of benzene rings is 2. The summed E-state index contributed by atoms with van der Waals surface area (Å²) in [5.41, 5.74) is 1.27. The van der Waals surface area contributed by atoms with Crippen LogP contribution in [0.5, 0.6) is 5.75 Å². The van der Waals surface area contributed by atoms with Gasteiger partial charge in [0, 0.05) is 29.6 Å². The van der Waals surface area contributed by atoms with Crippen molar-refractivity contribution in [3.8, 4) is 17.2 Å². The summed E-state index contributed by atoms with van der Waals surface area (Å²) in [5, 5.41) is 4.57. The maximum absolute atomic E-state index is 13.1. The van der Waals surface area contributed by atoms with Gasteiger partial charge >= 0.3 is 0 Å². The number of methoxy groups -OCH3 is 1. The Bertz CT molecular complexity index is 990. The van der Waals surface area contributed by atoms with Gasteiger partial charge in [-0.15, -0.1) is 0 Å². The number of carbonyl (C=O) groups is 1. The fraction of sp³-hybridized carbons (Fsp3) is 0.211. The van der Waals surface area contributed by atoms with Crippen molar-refractivity contribution < 1.29 is 18.4 Å². The molecule has 1 saturated heterocycles. The number of aromatic nitrogens is 2. The van der Waals surface area contributed by atoms with E-state index < -0.39 is 0 Å². The van der Waals surface area contributed by atoms with Gasteiger partial charge in [-0.25, -0.2) is 4.39 Å². The smallest absolute Gasteiger partial charge is 0.261 e. The van der Waals surface area contributed by atoms with Crippen LogP contribution >= 0.6 is 11.6 Å². The van der Waals surface area contributed by atoms with Crippen molar-refractivity contribution in [2.24, 2.45) is 0 Å². The first kappa shape index (κ1) is 17.5. The molecule has 138 valence electrons. The number of hydrogen-bond donors (Lipinski definition) is 0. The van der Waals surface area contributed by atoms with E-state index in [0.29, 0.717) is 40.3 Å². The molecule has 1 aromatic heterocycles. The summed E-state index contributed by atoms with van der Waals surface area (Å²) in [7, 11) is 1.53. The molecule has 0 N–H and O–H groups in total. The molecule has 3 aromatic rings. The minimum atomic E-state index is -0.346. The minimum Gasteiger partial charge on any atom is -0.496 e. The van der Waals surface area contributed by atoms with Gasteiger partial charge in [0.15, 0.2) is 5.82 Å². The SMILES string of the molecule is COc1cc(Cl)ccc1-c1nc([C@@H]2CC(=O)N(c3ccc(F)cc3)C2)no1. The van der Waals surface area contributed by atoms with E-state index in [-0.39, 0.29) is 24.1 Å². The summed E-state index contributed by atoms with van der Waals surface area (Å²) >= 11 is 5.98. The van der Waals surface area contributed by atoms with E-state index in [1.165, 1.54) is 19.2 Å². The van der Waals surface area contributed by atoms with Gasteiger partial charge in [0.25, 0.3) is 5.89 Å². The van der Waals surface area contributed by atoms with Gasteiger partial charge in [0.2, 0.25) is 5.91 Å². The average molecular weight is 388 g/mol. The van der Waals surface area contributed by atoms with E-state index in [4.69, 9.17) is 20.9 Å². The molecule has 0 unspecified atom stereocenters. The van der Waals surface area contributed by atoms with Gasteiger partial charge < -0.3 is 14.2 Å². The molecule has 1 fully saturated rings. The maximum atomic E-state index is 13.1. The molecule has 8 heteroatoms. The Morgan fingerprint density at radius 1 is 1.26 bits per heavy atom. The number of ether oxygens (including phenoxy) is 1. The Balaban J connectivity index is 1.57. The third-order valence-electron chi connectivity index (χ3n) is 4.46. The second kappa shape index (κ2) is 7.00. The van der Waals surface area contributed by atoms with Crippen LogP contribution < -0.4 is 9.64 Å². The van der Waals surface area contributed by atoms with Crippen LogP contribution in [-0.4, -0.2) is 29.7 Å². The van der Waals surface area contributed by atoms with E-state index >= 15 is 0 Å². The molecule has 0 radical (unpaired) electrons. The van der Waals surface area contributed by atoms with Crippen molar-refractivity contribution in [1.29, 1.82) is 0 Å². The van der Waals surface area contributed by atoms with Crippen LogP contribution in [0.15, 0.2) is 47.0 Å². The van der Waals surface area contributed by atoms with Gasteiger partial charge in [-0.05, 0) is 42.5 Å². The largest absolute Gasteiger partial charge is 0.496 e. The molecule has 0 spiro atoms. The molecule has 0 bridgehead atoms. The van der Waals surface area contributed by atoms with E-state index in [1.54, 1.807) is 35.2 Å². The van der Waals surface area contributed by atoms with Gasteiger partial charge in [-0.2, -0.15) is 4.98 Å². The van der Waals surface area contributed by atoms with Crippen LogP contribution in [0.4, 0.5) is 10.1 Å². The van der Waals surface area contributed by atoms with E-state index in [1.807, 2.05) is 0 Å². The van der Waals surface area contributed by atoms with Gasteiger partial charge in [0.05, 0.1) is 12.7 Å². The van der Waals surface area contributed by atoms with Crippen molar-refractivity contribution in [2.45, 2.75) is 12.3 Å². The van der Waals surface area contributed by atoms with E-state index in [0.717, 1.165) is 0 Å². The number of amides is 1. The number of halogens is 2. The molecule has 27 heavy (non-hydrogen) atoms. The van der Waals surface area contributed by atoms with Crippen molar-refractivity contribution in [1.82, 2.24) is 10.1 Å². The number of anilines is 1. The lowest BCUT2D eigenvalue weighted by molar-refractivity contribution is -0.117. The highest BCUT2D eigenvalue weighted by molar-refractivity contribution is 6.30. The summed E-state index contributed by atoms with van der Waals surface area (Å²) in [6, 6.07) is 10.9. The lowest BCUT2D eigenvalue weighted by atomic mass is 10.1. The molecule has 1 aliphatic rings. The fourth-order valence-electron chi connectivity index (χ4n) is 3.10. The summed E-state index contributed by atoms with van der Waals surface area (Å²) < 4.78 is 23.8. The number of hydrogen-bond acceptors (Lipinski definition) is 5. The third-order valence-corrected chi connectivity index (χ3v) is 4.70. The monoisotopic (exact) mass is 387 g/mol. The van der Waals surface area contributed by atoms with Gasteiger partial charge in [-0.3, -0.25) is 4.79 Å². The highest BCUT2D eigenvalue weighted by Crippen LogP contribution is 2.34. The highest BCUT2D eigenvalue weighted by atomic mass is 35.5. The van der Waals surface area contributed by atoms with E-state index in [2.05, 4.69) is 10.1 Å². The first-order valence-electron chi connectivity index (χ1n) is 8.28. The predicted octanol–water partition coefficient (Wildman–Crippen LogP) is 4.06.